The van der Waals surface area contributed by atoms with Gasteiger partial charge in [-0.3, -0.25) is 4.98 Å². The maximum atomic E-state index is 11.1. The molecule has 5 nitrogen and oxygen atoms in total. The SMILES string of the molecule is CNC(=O)Nc1ccc(Oc2ccncc2)cc1. The fourth-order valence-electron chi connectivity index (χ4n) is 1.34. The van der Waals surface area contributed by atoms with Crippen molar-refractivity contribution in [2.45, 2.75) is 0 Å². The van der Waals surface area contributed by atoms with Crippen LogP contribution in [0.2, 0.25) is 0 Å². The van der Waals surface area contributed by atoms with Gasteiger partial charge in [0.1, 0.15) is 11.5 Å². The van der Waals surface area contributed by atoms with E-state index in [1.165, 1.54) is 0 Å². The van der Waals surface area contributed by atoms with Crippen molar-refractivity contribution in [3.05, 3.63) is 48.8 Å². The van der Waals surface area contributed by atoms with Gasteiger partial charge in [0.15, 0.2) is 0 Å². The normalized spacial score (nSPS) is 9.61. The Morgan fingerprint density at radius 1 is 1.06 bits per heavy atom. The number of nitrogens with one attached hydrogen (secondary N) is 2. The first-order chi connectivity index (χ1) is 8.78. The van der Waals surface area contributed by atoms with Crippen LogP contribution >= 0.6 is 0 Å². The van der Waals surface area contributed by atoms with E-state index in [2.05, 4.69) is 15.6 Å². The molecule has 0 atom stereocenters. The minimum Gasteiger partial charge on any atom is -0.457 e. The predicted molar refractivity (Wildman–Crippen MR) is 68.8 cm³/mol. The number of aromatic nitrogens is 1. The summed E-state index contributed by atoms with van der Waals surface area (Å²) in [5.41, 5.74) is 0.705. The molecule has 0 unspecified atom stereocenters. The van der Waals surface area contributed by atoms with E-state index in [1.807, 2.05) is 0 Å². The van der Waals surface area contributed by atoms with Crippen molar-refractivity contribution in [3.63, 3.8) is 0 Å². The zero-order chi connectivity index (χ0) is 12.8. The van der Waals surface area contributed by atoms with Gasteiger partial charge in [-0.1, -0.05) is 0 Å². The lowest BCUT2D eigenvalue weighted by atomic mass is 10.3. The van der Waals surface area contributed by atoms with E-state index in [-0.39, 0.29) is 6.03 Å². The molecule has 1 aromatic carbocycles. The standard InChI is InChI=1S/C13H13N3O2/c1-14-13(17)16-10-2-4-11(5-3-10)18-12-6-8-15-9-7-12/h2-9H,1H3,(H2,14,16,17). The molecular weight excluding hydrogens is 230 g/mol. The Balaban J connectivity index is 2.02. The highest BCUT2D eigenvalue weighted by atomic mass is 16.5. The molecule has 92 valence electrons. The van der Waals surface area contributed by atoms with E-state index in [9.17, 15) is 4.79 Å². The average molecular weight is 243 g/mol. The zero-order valence-electron chi connectivity index (χ0n) is 9.88. The molecule has 0 aliphatic carbocycles. The smallest absolute Gasteiger partial charge is 0.318 e. The number of hydrogen-bond donors (Lipinski definition) is 2. The summed E-state index contributed by atoms with van der Waals surface area (Å²) in [7, 11) is 1.57. The van der Waals surface area contributed by atoms with Gasteiger partial charge in [-0.2, -0.15) is 0 Å². The second-order valence-corrected chi connectivity index (χ2v) is 3.51. The molecule has 0 fully saturated rings. The quantitative estimate of drug-likeness (QED) is 0.871. The van der Waals surface area contributed by atoms with Crippen LogP contribution in [0.3, 0.4) is 0 Å². The van der Waals surface area contributed by atoms with Crippen molar-refractivity contribution in [3.8, 4) is 11.5 Å². The van der Waals surface area contributed by atoms with Crippen LogP contribution in [0.5, 0.6) is 11.5 Å². The van der Waals surface area contributed by atoms with Gasteiger partial charge in [0, 0.05) is 25.1 Å². The lowest BCUT2D eigenvalue weighted by molar-refractivity contribution is 0.254. The van der Waals surface area contributed by atoms with E-state index < -0.39 is 0 Å². The highest BCUT2D eigenvalue weighted by Gasteiger charge is 2.00. The minimum absolute atomic E-state index is 0.252. The predicted octanol–water partition coefficient (Wildman–Crippen LogP) is 2.63. The average Bonchev–Trinajstić information content (AvgIpc) is 2.42. The Morgan fingerprint density at radius 3 is 2.28 bits per heavy atom. The molecule has 0 bridgehead atoms. The van der Waals surface area contributed by atoms with Gasteiger partial charge < -0.3 is 15.4 Å². The molecule has 0 saturated carbocycles. The number of amides is 2. The maximum Gasteiger partial charge on any atom is 0.318 e. The van der Waals surface area contributed by atoms with Gasteiger partial charge in [0.25, 0.3) is 0 Å². The fourth-order valence-corrected chi connectivity index (χ4v) is 1.34. The number of pyridine rings is 1. The topological polar surface area (TPSA) is 63.2 Å². The van der Waals surface area contributed by atoms with Crippen LogP contribution in [0.4, 0.5) is 10.5 Å². The zero-order valence-corrected chi connectivity index (χ0v) is 9.88. The van der Waals surface area contributed by atoms with Crippen molar-refractivity contribution in [2.24, 2.45) is 0 Å². The fraction of sp³-hybridized carbons (Fsp3) is 0.0769. The Morgan fingerprint density at radius 2 is 1.67 bits per heavy atom. The maximum absolute atomic E-state index is 11.1. The number of benzene rings is 1. The summed E-state index contributed by atoms with van der Waals surface area (Å²) in [5, 5.41) is 5.15. The molecule has 0 aliphatic rings. The second-order valence-electron chi connectivity index (χ2n) is 3.51. The molecule has 5 heteroatoms. The van der Waals surface area contributed by atoms with E-state index in [4.69, 9.17) is 4.74 Å². The van der Waals surface area contributed by atoms with Crippen molar-refractivity contribution in [1.29, 1.82) is 0 Å². The van der Waals surface area contributed by atoms with Gasteiger partial charge >= 0.3 is 6.03 Å². The number of carbonyl (C=O) groups excluding carboxylic acids is 1. The number of rotatable bonds is 3. The summed E-state index contributed by atoms with van der Waals surface area (Å²) in [5.74, 6) is 1.42. The molecular formula is C13H13N3O2. The molecule has 2 N–H and O–H groups in total. The number of hydrogen-bond acceptors (Lipinski definition) is 3. The first kappa shape index (κ1) is 11.9. The molecule has 0 aliphatic heterocycles. The summed E-state index contributed by atoms with van der Waals surface area (Å²) in [6, 6.07) is 10.4. The van der Waals surface area contributed by atoms with E-state index in [0.29, 0.717) is 11.4 Å². The summed E-state index contributed by atoms with van der Waals surface area (Å²) in [6.45, 7) is 0. The van der Waals surface area contributed by atoms with Crippen molar-refractivity contribution < 1.29 is 9.53 Å². The first-order valence-corrected chi connectivity index (χ1v) is 5.44. The number of nitrogens with zero attached hydrogens (tertiary/aromatic N) is 1. The van der Waals surface area contributed by atoms with Gasteiger partial charge in [0.05, 0.1) is 0 Å². The number of carbonyl (C=O) groups is 1. The minimum atomic E-state index is -0.252. The summed E-state index contributed by atoms with van der Waals surface area (Å²) >= 11 is 0. The Labute approximate surface area is 105 Å². The lowest BCUT2D eigenvalue weighted by Crippen LogP contribution is -2.24. The van der Waals surface area contributed by atoms with Crippen molar-refractivity contribution in [1.82, 2.24) is 10.3 Å². The lowest BCUT2D eigenvalue weighted by Gasteiger charge is -2.07. The van der Waals surface area contributed by atoms with Crippen molar-refractivity contribution >= 4 is 11.7 Å². The van der Waals surface area contributed by atoms with Gasteiger partial charge in [-0.15, -0.1) is 0 Å². The molecule has 0 spiro atoms. The van der Waals surface area contributed by atoms with Crippen LogP contribution in [-0.2, 0) is 0 Å². The molecule has 2 rings (SSSR count). The Hall–Kier alpha value is -2.56. The molecule has 1 heterocycles. The van der Waals surface area contributed by atoms with E-state index in [1.54, 1.807) is 55.8 Å². The van der Waals surface area contributed by atoms with Crippen molar-refractivity contribution in [2.75, 3.05) is 12.4 Å². The molecule has 0 saturated heterocycles. The number of anilines is 1. The third-order valence-corrected chi connectivity index (χ3v) is 2.22. The summed E-state index contributed by atoms with van der Waals surface area (Å²) in [6.07, 6.45) is 3.33. The van der Waals surface area contributed by atoms with E-state index in [0.717, 1.165) is 5.75 Å². The van der Waals surface area contributed by atoms with E-state index >= 15 is 0 Å². The van der Waals surface area contributed by atoms with Crippen LogP contribution in [0.15, 0.2) is 48.8 Å². The number of urea groups is 1. The third-order valence-electron chi connectivity index (χ3n) is 2.22. The second kappa shape index (κ2) is 5.67. The molecule has 2 amide bonds. The van der Waals surface area contributed by atoms with Gasteiger partial charge in [-0.25, -0.2) is 4.79 Å². The highest BCUT2D eigenvalue weighted by molar-refractivity contribution is 5.88. The molecule has 1 aromatic heterocycles. The van der Waals surface area contributed by atoms with Gasteiger partial charge in [0.2, 0.25) is 0 Å². The van der Waals surface area contributed by atoms with Crippen LogP contribution < -0.4 is 15.4 Å². The van der Waals surface area contributed by atoms with Gasteiger partial charge in [-0.05, 0) is 36.4 Å². The van der Waals surface area contributed by atoms with Crippen LogP contribution in [0.1, 0.15) is 0 Å². The summed E-state index contributed by atoms with van der Waals surface area (Å²) < 4.78 is 5.60. The Kier molecular flexibility index (Phi) is 3.76. The third kappa shape index (κ3) is 3.21. The van der Waals surface area contributed by atoms with Crippen LogP contribution in [0.25, 0.3) is 0 Å². The molecule has 0 radical (unpaired) electrons. The summed E-state index contributed by atoms with van der Waals surface area (Å²) in [4.78, 5) is 15.0. The number of ether oxygens (including phenoxy) is 1. The largest absolute Gasteiger partial charge is 0.457 e. The van der Waals surface area contributed by atoms with Crippen LogP contribution in [-0.4, -0.2) is 18.1 Å². The Bertz CT molecular complexity index is 512. The van der Waals surface area contributed by atoms with Crippen LogP contribution in [0, 0.1) is 0 Å². The molecule has 2 aromatic rings. The molecule has 18 heavy (non-hydrogen) atoms. The monoisotopic (exact) mass is 243 g/mol. The highest BCUT2D eigenvalue weighted by Crippen LogP contribution is 2.22. The first-order valence-electron chi connectivity index (χ1n) is 5.44.